The van der Waals surface area contributed by atoms with Crippen LogP contribution in [0.3, 0.4) is 0 Å². The van der Waals surface area contributed by atoms with E-state index in [1.807, 2.05) is 12.1 Å². The van der Waals surface area contributed by atoms with E-state index in [0.29, 0.717) is 5.75 Å². The molecular weight excluding hydrogens is 218 g/mol. The fourth-order valence-corrected chi connectivity index (χ4v) is 2.05. The molecule has 1 atom stereocenters. The number of phenols is 1. The second-order valence-corrected chi connectivity index (χ2v) is 4.25. The first-order valence-electron chi connectivity index (χ1n) is 5.91. The third kappa shape index (κ3) is 3.43. The van der Waals surface area contributed by atoms with E-state index >= 15 is 0 Å². The molecule has 0 saturated carbocycles. The zero-order chi connectivity index (χ0) is 12.1. The number of hydrogen-bond donors (Lipinski definition) is 1. The van der Waals surface area contributed by atoms with Crippen molar-refractivity contribution in [2.75, 3.05) is 40.0 Å². The van der Waals surface area contributed by atoms with Gasteiger partial charge in [-0.3, -0.25) is 4.90 Å². The van der Waals surface area contributed by atoms with Gasteiger partial charge in [0.1, 0.15) is 5.75 Å². The van der Waals surface area contributed by atoms with Gasteiger partial charge in [-0.2, -0.15) is 0 Å². The van der Waals surface area contributed by atoms with Crippen molar-refractivity contribution in [3.63, 3.8) is 0 Å². The summed E-state index contributed by atoms with van der Waals surface area (Å²) in [5.41, 5.74) is 1.03. The highest BCUT2D eigenvalue weighted by Crippen LogP contribution is 2.24. The SMILES string of the molecule is COCCN1CCOC(c2cccc(O)c2)C1. The van der Waals surface area contributed by atoms with Crippen LogP contribution >= 0.6 is 0 Å². The summed E-state index contributed by atoms with van der Waals surface area (Å²) in [6, 6.07) is 7.28. The molecule has 0 radical (unpaired) electrons. The van der Waals surface area contributed by atoms with Crippen molar-refractivity contribution in [2.45, 2.75) is 6.10 Å². The second kappa shape index (κ2) is 6.00. The molecule has 2 rings (SSSR count). The Labute approximate surface area is 102 Å². The number of methoxy groups -OCH3 is 1. The van der Waals surface area contributed by atoms with E-state index < -0.39 is 0 Å². The van der Waals surface area contributed by atoms with Crippen LogP contribution < -0.4 is 0 Å². The van der Waals surface area contributed by atoms with E-state index in [4.69, 9.17) is 9.47 Å². The van der Waals surface area contributed by atoms with Gasteiger partial charge in [-0.05, 0) is 17.7 Å². The molecule has 1 heterocycles. The van der Waals surface area contributed by atoms with Crippen LogP contribution in [-0.4, -0.2) is 50.0 Å². The average molecular weight is 237 g/mol. The minimum Gasteiger partial charge on any atom is -0.508 e. The van der Waals surface area contributed by atoms with Gasteiger partial charge in [-0.25, -0.2) is 0 Å². The van der Waals surface area contributed by atoms with Crippen molar-refractivity contribution in [3.8, 4) is 5.75 Å². The highest BCUT2D eigenvalue weighted by atomic mass is 16.5. The Kier molecular flexibility index (Phi) is 4.36. The summed E-state index contributed by atoms with van der Waals surface area (Å²) in [5, 5.41) is 9.46. The van der Waals surface area contributed by atoms with Crippen LogP contribution in [0.5, 0.6) is 5.75 Å². The molecule has 4 nitrogen and oxygen atoms in total. The molecule has 1 N–H and O–H groups in total. The number of ether oxygens (including phenoxy) is 2. The van der Waals surface area contributed by atoms with Gasteiger partial charge in [0.05, 0.1) is 19.3 Å². The Morgan fingerprint density at radius 3 is 3.18 bits per heavy atom. The summed E-state index contributed by atoms with van der Waals surface area (Å²) in [5.74, 6) is 0.292. The highest BCUT2D eigenvalue weighted by molar-refractivity contribution is 5.29. The molecule has 0 spiro atoms. The number of hydrogen-bond acceptors (Lipinski definition) is 4. The largest absolute Gasteiger partial charge is 0.508 e. The zero-order valence-corrected chi connectivity index (χ0v) is 10.1. The lowest BCUT2D eigenvalue weighted by molar-refractivity contribution is -0.0356. The Morgan fingerprint density at radius 2 is 2.41 bits per heavy atom. The Bertz CT molecular complexity index is 356. The maximum atomic E-state index is 9.46. The molecule has 94 valence electrons. The first-order valence-corrected chi connectivity index (χ1v) is 5.91. The lowest BCUT2D eigenvalue weighted by Gasteiger charge is -2.32. The molecule has 1 unspecified atom stereocenters. The highest BCUT2D eigenvalue weighted by Gasteiger charge is 2.21. The first kappa shape index (κ1) is 12.4. The molecule has 0 aromatic heterocycles. The molecule has 1 aromatic carbocycles. The predicted octanol–water partition coefficient (Wildman–Crippen LogP) is 1.41. The topological polar surface area (TPSA) is 41.9 Å². The molecule has 17 heavy (non-hydrogen) atoms. The third-order valence-electron chi connectivity index (χ3n) is 3.00. The number of aromatic hydroxyl groups is 1. The Balaban J connectivity index is 1.97. The van der Waals surface area contributed by atoms with Crippen molar-refractivity contribution in [2.24, 2.45) is 0 Å². The van der Waals surface area contributed by atoms with Crippen molar-refractivity contribution < 1.29 is 14.6 Å². The Hall–Kier alpha value is -1.10. The molecule has 0 aliphatic carbocycles. The van der Waals surface area contributed by atoms with Crippen LogP contribution in [0, 0.1) is 0 Å². The molecule has 1 aliphatic heterocycles. The molecule has 0 bridgehead atoms. The van der Waals surface area contributed by atoms with Crippen LogP contribution in [0.25, 0.3) is 0 Å². The predicted molar refractivity (Wildman–Crippen MR) is 65.1 cm³/mol. The normalized spacial score (nSPS) is 21.6. The molecule has 1 aromatic rings. The molecule has 4 heteroatoms. The lowest BCUT2D eigenvalue weighted by atomic mass is 10.1. The summed E-state index contributed by atoms with van der Waals surface area (Å²) >= 11 is 0. The number of morpholine rings is 1. The second-order valence-electron chi connectivity index (χ2n) is 4.25. The quantitative estimate of drug-likeness (QED) is 0.859. The zero-order valence-electron chi connectivity index (χ0n) is 10.1. The molecule has 1 fully saturated rings. The van der Waals surface area contributed by atoms with E-state index in [2.05, 4.69) is 4.90 Å². The minimum atomic E-state index is 0.0488. The first-order chi connectivity index (χ1) is 8.29. The number of phenolic OH excluding ortho intramolecular Hbond substituents is 1. The maximum absolute atomic E-state index is 9.46. The average Bonchev–Trinajstić information content (AvgIpc) is 2.37. The van der Waals surface area contributed by atoms with E-state index in [-0.39, 0.29) is 6.10 Å². The summed E-state index contributed by atoms with van der Waals surface area (Å²) in [6.07, 6.45) is 0.0488. The van der Waals surface area contributed by atoms with Crippen LogP contribution in [0.2, 0.25) is 0 Å². The monoisotopic (exact) mass is 237 g/mol. The summed E-state index contributed by atoms with van der Waals surface area (Å²) in [7, 11) is 1.72. The van der Waals surface area contributed by atoms with Gasteiger partial charge in [0.2, 0.25) is 0 Å². The van der Waals surface area contributed by atoms with Crippen LogP contribution in [0.4, 0.5) is 0 Å². The molecular formula is C13H19NO3. The van der Waals surface area contributed by atoms with Crippen LogP contribution in [0.15, 0.2) is 24.3 Å². The van der Waals surface area contributed by atoms with Gasteiger partial charge >= 0.3 is 0 Å². The van der Waals surface area contributed by atoms with E-state index in [0.717, 1.165) is 38.4 Å². The van der Waals surface area contributed by atoms with E-state index in [1.165, 1.54) is 0 Å². The van der Waals surface area contributed by atoms with Gasteiger partial charge in [0.25, 0.3) is 0 Å². The minimum absolute atomic E-state index is 0.0488. The molecule has 0 amide bonds. The van der Waals surface area contributed by atoms with Gasteiger partial charge in [0, 0.05) is 26.7 Å². The summed E-state index contributed by atoms with van der Waals surface area (Å²) in [6.45, 7) is 4.19. The smallest absolute Gasteiger partial charge is 0.115 e. The Morgan fingerprint density at radius 1 is 1.53 bits per heavy atom. The van der Waals surface area contributed by atoms with Gasteiger partial charge in [-0.1, -0.05) is 12.1 Å². The van der Waals surface area contributed by atoms with Crippen molar-refractivity contribution >= 4 is 0 Å². The van der Waals surface area contributed by atoms with Crippen LogP contribution in [-0.2, 0) is 9.47 Å². The molecule has 1 saturated heterocycles. The van der Waals surface area contributed by atoms with Crippen molar-refractivity contribution in [3.05, 3.63) is 29.8 Å². The van der Waals surface area contributed by atoms with Gasteiger partial charge in [-0.15, -0.1) is 0 Å². The standard InChI is InChI=1S/C13H19NO3/c1-16-7-5-14-6-8-17-13(10-14)11-3-2-4-12(15)9-11/h2-4,9,13,15H,5-8,10H2,1H3. The fraction of sp³-hybridized carbons (Fsp3) is 0.538. The van der Waals surface area contributed by atoms with Crippen molar-refractivity contribution in [1.82, 2.24) is 4.90 Å². The number of nitrogens with zero attached hydrogens (tertiary/aromatic N) is 1. The van der Waals surface area contributed by atoms with Gasteiger partial charge in [0.15, 0.2) is 0 Å². The maximum Gasteiger partial charge on any atom is 0.115 e. The number of rotatable bonds is 4. The van der Waals surface area contributed by atoms with Gasteiger partial charge < -0.3 is 14.6 Å². The van der Waals surface area contributed by atoms with E-state index in [1.54, 1.807) is 19.2 Å². The van der Waals surface area contributed by atoms with Crippen LogP contribution in [0.1, 0.15) is 11.7 Å². The van der Waals surface area contributed by atoms with E-state index in [9.17, 15) is 5.11 Å². The summed E-state index contributed by atoms with van der Waals surface area (Å²) in [4.78, 5) is 2.32. The lowest BCUT2D eigenvalue weighted by Crippen LogP contribution is -2.40. The number of benzene rings is 1. The molecule has 1 aliphatic rings. The fourth-order valence-electron chi connectivity index (χ4n) is 2.05. The van der Waals surface area contributed by atoms with Crippen molar-refractivity contribution in [1.29, 1.82) is 0 Å². The summed E-state index contributed by atoms with van der Waals surface area (Å²) < 4.78 is 10.8. The third-order valence-corrected chi connectivity index (χ3v) is 3.00.